The van der Waals surface area contributed by atoms with Crippen molar-refractivity contribution in [2.75, 3.05) is 7.11 Å². The molecule has 240 valence electrons. The van der Waals surface area contributed by atoms with Crippen molar-refractivity contribution in [3.05, 3.63) is 58.7 Å². The van der Waals surface area contributed by atoms with Gasteiger partial charge in [0.25, 0.3) is 0 Å². The molecule has 2 aromatic rings. The zero-order valence-electron chi connectivity index (χ0n) is 25.6. The Morgan fingerprint density at radius 3 is 1.75 bits per heavy atom. The van der Waals surface area contributed by atoms with Crippen LogP contribution in [0.1, 0.15) is 127 Å². The van der Waals surface area contributed by atoms with E-state index in [9.17, 15) is 15.0 Å². The molecule has 4 saturated carbocycles. The van der Waals surface area contributed by atoms with Crippen LogP contribution >= 0.6 is 0 Å². The first-order valence-electron chi connectivity index (χ1n) is 16.5. The number of oxime groups is 1. The number of Topliss-reactive ketones (excluding diaryl/α,β-unsaturated/α-hetero) is 1. The molecule has 0 saturated heterocycles. The molecular weight excluding hydrogens is 546 g/mol. The minimum atomic E-state index is -0.0322. The van der Waals surface area contributed by atoms with Gasteiger partial charge in [0.2, 0.25) is 0 Å². The van der Waals surface area contributed by atoms with E-state index in [1.807, 2.05) is 24.3 Å². The average Bonchev–Trinajstić information content (AvgIpc) is 3.48. The highest BCUT2D eigenvalue weighted by molar-refractivity contribution is 5.92. The Balaban J connectivity index is 0.000000168. The molecule has 2 aromatic carbocycles. The predicted octanol–water partition coefficient (Wildman–Crippen LogP) is 9.34. The molecule has 5 nitrogen and oxygen atoms in total. The highest BCUT2D eigenvalue weighted by Gasteiger charge is 2.55. The van der Waals surface area contributed by atoms with Crippen LogP contribution in [0.2, 0.25) is 0 Å². The maximum Gasteiger partial charge on any atom is 0.139 e. The van der Waals surface area contributed by atoms with E-state index in [1.165, 1.54) is 60.1 Å². The SMILES string of the molecule is C.C.CO/N=C1\CCC2C3CCc4cc(O)ccc4C3CC[C@]12C.C[C@]12CCC3c4ccc(O)cc4CCC3C1CCC2=O. The molecule has 2 N–H and O–H groups in total. The number of carbonyl (C=O) groups excluding carboxylic acids is 1. The summed E-state index contributed by atoms with van der Waals surface area (Å²) in [5.41, 5.74) is 7.14. The number of ketones is 1. The number of hydrogen-bond donors (Lipinski definition) is 2. The molecule has 8 atom stereocenters. The molecule has 0 aliphatic heterocycles. The van der Waals surface area contributed by atoms with Crippen molar-refractivity contribution in [3.63, 3.8) is 0 Å². The van der Waals surface area contributed by atoms with E-state index in [2.05, 4.69) is 31.1 Å². The normalized spacial score (nSPS) is 36.9. The second-order valence-electron chi connectivity index (χ2n) is 14.7. The standard InChI is InChI=1S/C19H25NO2.C18H22O2.2CH4/c1-19-10-9-15-14-6-4-13(21)11-12(14)3-5-16(15)17(19)7-8-18(19)20-22-2;1-18-9-8-14-13-5-3-12(19)10-11(13)2-4-15(14)16(18)6-7-17(18)20;;/h4,6,11,15-17,21H,3,5,7-10H2,1-2H3;3,5,10,14-16,19H,2,4,6-9H2,1H3;2*1H4/b20-18+;;;/t15?,16?,17?,19-;14?,15?,16?,18-;;/m00../s1. The summed E-state index contributed by atoms with van der Waals surface area (Å²) in [5.74, 6) is 5.37. The van der Waals surface area contributed by atoms with Gasteiger partial charge in [-0.2, -0.15) is 0 Å². The van der Waals surface area contributed by atoms with E-state index in [-0.39, 0.29) is 25.7 Å². The summed E-state index contributed by atoms with van der Waals surface area (Å²) in [6.07, 6.45) is 13.5. The monoisotopic (exact) mass is 601 g/mol. The van der Waals surface area contributed by atoms with Crippen LogP contribution in [0.4, 0.5) is 0 Å². The number of rotatable bonds is 1. The van der Waals surface area contributed by atoms with Crippen molar-refractivity contribution in [2.24, 2.45) is 39.7 Å². The number of hydrogen-bond acceptors (Lipinski definition) is 5. The third-order valence-corrected chi connectivity index (χ3v) is 13.1. The van der Waals surface area contributed by atoms with Gasteiger partial charge in [-0.15, -0.1) is 0 Å². The molecule has 0 amide bonds. The fourth-order valence-corrected chi connectivity index (χ4v) is 11.0. The Morgan fingerprint density at radius 2 is 1.20 bits per heavy atom. The zero-order chi connectivity index (χ0) is 29.2. The highest BCUT2D eigenvalue weighted by atomic mass is 16.6. The molecule has 8 rings (SSSR count). The molecule has 6 unspecified atom stereocenters. The number of phenols is 2. The van der Waals surface area contributed by atoms with Crippen molar-refractivity contribution in [3.8, 4) is 11.5 Å². The van der Waals surface area contributed by atoms with Crippen LogP contribution in [0.25, 0.3) is 0 Å². The Hall–Kier alpha value is -2.82. The summed E-state index contributed by atoms with van der Waals surface area (Å²) in [7, 11) is 1.67. The molecule has 0 radical (unpaired) electrons. The van der Waals surface area contributed by atoms with Crippen molar-refractivity contribution >= 4 is 11.5 Å². The van der Waals surface area contributed by atoms with Gasteiger partial charge in [0.1, 0.15) is 24.4 Å². The van der Waals surface area contributed by atoms with Gasteiger partial charge in [-0.3, -0.25) is 4.79 Å². The van der Waals surface area contributed by atoms with E-state index >= 15 is 0 Å². The van der Waals surface area contributed by atoms with Gasteiger partial charge in [0, 0.05) is 17.3 Å². The van der Waals surface area contributed by atoms with Crippen LogP contribution in [0.3, 0.4) is 0 Å². The van der Waals surface area contributed by atoms with E-state index < -0.39 is 0 Å². The Morgan fingerprint density at radius 1 is 0.705 bits per heavy atom. The summed E-state index contributed by atoms with van der Waals surface area (Å²) >= 11 is 0. The summed E-state index contributed by atoms with van der Waals surface area (Å²) in [6, 6.07) is 11.9. The molecule has 6 aliphatic rings. The molecule has 0 spiro atoms. The van der Waals surface area contributed by atoms with Gasteiger partial charge < -0.3 is 15.1 Å². The topological polar surface area (TPSA) is 79.1 Å². The van der Waals surface area contributed by atoms with Gasteiger partial charge in [0.15, 0.2) is 0 Å². The molecule has 4 fully saturated rings. The van der Waals surface area contributed by atoms with Gasteiger partial charge >= 0.3 is 0 Å². The lowest BCUT2D eigenvalue weighted by Crippen LogP contribution is -2.42. The Kier molecular flexibility index (Phi) is 9.01. The number of benzene rings is 2. The summed E-state index contributed by atoms with van der Waals surface area (Å²) in [5, 5.41) is 23.8. The van der Waals surface area contributed by atoms with Crippen molar-refractivity contribution in [1.82, 2.24) is 0 Å². The maximum absolute atomic E-state index is 12.3. The summed E-state index contributed by atoms with van der Waals surface area (Å²) < 4.78 is 0. The summed E-state index contributed by atoms with van der Waals surface area (Å²) in [6.45, 7) is 4.63. The fourth-order valence-electron chi connectivity index (χ4n) is 11.0. The van der Waals surface area contributed by atoms with Crippen molar-refractivity contribution < 1.29 is 19.8 Å². The molecule has 0 heterocycles. The van der Waals surface area contributed by atoms with Crippen LogP contribution in [-0.4, -0.2) is 28.8 Å². The summed E-state index contributed by atoms with van der Waals surface area (Å²) in [4.78, 5) is 17.4. The van der Waals surface area contributed by atoms with Crippen LogP contribution in [-0.2, 0) is 22.5 Å². The maximum atomic E-state index is 12.3. The second kappa shape index (κ2) is 12.2. The number of fused-ring (bicyclic) bond motifs is 10. The molecule has 5 heteroatoms. The number of phenolic OH excluding ortho intramolecular Hbond substituents is 2. The third-order valence-electron chi connectivity index (χ3n) is 13.1. The van der Waals surface area contributed by atoms with Crippen LogP contribution < -0.4 is 0 Å². The molecule has 44 heavy (non-hydrogen) atoms. The minimum Gasteiger partial charge on any atom is -0.508 e. The van der Waals surface area contributed by atoms with Crippen molar-refractivity contribution in [2.45, 2.75) is 118 Å². The van der Waals surface area contributed by atoms with Crippen LogP contribution in [0.5, 0.6) is 11.5 Å². The molecule has 0 aromatic heterocycles. The largest absolute Gasteiger partial charge is 0.508 e. The number of carbonyl (C=O) groups is 1. The van der Waals surface area contributed by atoms with Crippen molar-refractivity contribution in [1.29, 1.82) is 0 Å². The lowest BCUT2D eigenvalue weighted by atomic mass is 9.55. The Bertz CT molecular complexity index is 1410. The molecule has 6 aliphatic carbocycles. The van der Waals surface area contributed by atoms with Gasteiger partial charge in [-0.25, -0.2) is 0 Å². The zero-order valence-corrected chi connectivity index (χ0v) is 25.6. The molecular formula is C39H55NO4. The van der Waals surface area contributed by atoms with E-state index in [0.717, 1.165) is 56.8 Å². The van der Waals surface area contributed by atoms with Gasteiger partial charge in [-0.05, 0) is 153 Å². The third kappa shape index (κ3) is 5.07. The highest BCUT2D eigenvalue weighted by Crippen LogP contribution is 2.61. The van der Waals surface area contributed by atoms with Crippen LogP contribution in [0, 0.1) is 34.5 Å². The quantitative estimate of drug-likeness (QED) is 0.319. The van der Waals surface area contributed by atoms with Crippen LogP contribution in [0.15, 0.2) is 41.6 Å². The van der Waals surface area contributed by atoms with Gasteiger partial charge in [0.05, 0.1) is 5.71 Å². The fraction of sp³-hybridized carbons (Fsp3) is 0.641. The lowest BCUT2D eigenvalue weighted by Gasteiger charge is -2.49. The average molecular weight is 602 g/mol. The first kappa shape index (κ1) is 32.6. The Labute approximate surface area is 265 Å². The second-order valence-corrected chi connectivity index (χ2v) is 14.7. The number of nitrogens with zero attached hydrogens (tertiary/aromatic N) is 1. The smallest absolute Gasteiger partial charge is 0.139 e. The van der Waals surface area contributed by atoms with E-state index in [4.69, 9.17) is 4.84 Å². The first-order valence-corrected chi connectivity index (χ1v) is 16.5. The number of aryl methyl sites for hydroxylation is 2. The minimum absolute atomic E-state index is 0. The predicted molar refractivity (Wildman–Crippen MR) is 178 cm³/mol. The first-order chi connectivity index (χ1) is 20.2. The van der Waals surface area contributed by atoms with E-state index in [0.29, 0.717) is 41.0 Å². The van der Waals surface area contributed by atoms with E-state index in [1.54, 1.807) is 7.11 Å². The molecule has 0 bridgehead atoms. The lowest BCUT2D eigenvalue weighted by molar-refractivity contribution is -0.129. The van der Waals surface area contributed by atoms with Gasteiger partial charge in [-0.1, -0.05) is 46.0 Å². The number of aromatic hydroxyl groups is 2.